The number of para-hydroxylation sites is 3. The number of nitrogens with one attached hydrogen (secondary N) is 2. The van der Waals surface area contributed by atoms with Gasteiger partial charge >= 0.3 is 0 Å². The Hall–Kier alpha value is -6.72. The van der Waals surface area contributed by atoms with Gasteiger partial charge in [-0.25, -0.2) is 0 Å². The number of rotatable bonds is 5. The van der Waals surface area contributed by atoms with Crippen molar-refractivity contribution in [2.24, 2.45) is 0 Å². The average molecular weight is 658 g/mol. The minimum Gasteiger partial charge on any atom is -0.309 e. The summed E-state index contributed by atoms with van der Waals surface area (Å²) in [5, 5.41) is 24.2. The molecule has 7 aromatic carbocycles. The van der Waals surface area contributed by atoms with Gasteiger partial charge in [-0.3, -0.25) is 15.7 Å². The molecule has 0 radical (unpaired) electrons. The third-order valence-electron chi connectivity index (χ3n) is 9.88. The van der Waals surface area contributed by atoms with Crippen LogP contribution < -0.4 is 4.90 Å². The lowest BCUT2D eigenvalue weighted by Crippen LogP contribution is -2.37. The zero-order chi connectivity index (χ0) is 34.6. The first-order chi connectivity index (χ1) is 25.0. The maximum absolute atomic E-state index is 9.69. The van der Waals surface area contributed by atoms with Gasteiger partial charge in [-0.1, -0.05) is 103 Å². The number of hydrogen-bond donors (Lipinski definition) is 2. The molecule has 0 aliphatic rings. The van der Waals surface area contributed by atoms with Crippen LogP contribution in [-0.2, 0) is 0 Å². The van der Waals surface area contributed by atoms with Gasteiger partial charge in [0.15, 0.2) is 0 Å². The zero-order valence-corrected chi connectivity index (χ0v) is 28.4. The van der Waals surface area contributed by atoms with Crippen LogP contribution in [0, 0.1) is 24.7 Å². The van der Waals surface area contributed by atoms with Crippen LogP contribution in [0.3, 0.4) is 0 Å². The molecule has 0 amide bonds. The number of nitrogens with zero attached hydrogens (tertiary/aromatic N) is 3. The van der Waals surface area contributed by atoms with E-state index in [4.69, 9.17) is 0 Å². The number of amidine groups is 2. The summed E-state index contributed by atoms with van der Waals surface area (Å²) in [6.07, 6.45) is 0. The van der Waals surface area contributed by atoms with Crippen molar-refractivity contribution in [2.75, 3.05) is 4.90 Å². The summed E-state index contributed by atoms with van der Waals surface area (Å²) in [7, 11) is 0. The summed E-state index contributed by atoms with van der Waals surface area (Å²) in [5.74, 6) is 0.450. The number of aryl methyl sites for hydroxylation is 2. The fourth-order valence-electron chi connectivity index (χ4n) is 7.51. The van der Waals surface area contributed by atoms with E-state index in [1.807, 2.05) is 54.6 Å². The fourth-order valence-corrected chi connectivity index (χ4v) is 7.51. The molecule has 0 aliphatic heterocycles. The van der Waals surface area contributed by atoms with Gasteiger partial charge in [0.25, 0.3) is 0 Å². The molecule has 0 unspecified atom stereocenters. The summed E-state index contributed by atoms with van der Waals surface area (Å²) in [6.45, 7) is 4.24. The molecule has 0 aliphatic carbocycles. The normalized spacial score (nSPS) is 11.5. The van der Waals surface area contributed by atoms with Crippen LogP contribution in [-0.4, -0.2) is 20.8 Å². The third-order valence-corrected chi connectivity index (χ3v) is 9.88. The molecule has 0 spiro atoms. The van der Waals surface area contributed by atoms with Crippen molar-refractivity contribution in [2.45, 2.75) is 13.8 Å². The summed E-state index contributed by atoms with van der Waals surface area (Å²) in [5.41, 5.74) is 11.0. The molecular weight excluding hydrogens is 623 g/mol. The van der Waals surface area contributed by atoms with Crippen molar-refractivity contribution in [3.05, 3.63) is 186 Å². The van der Waals surface area contributed by atoms with Gasteiger partial charge in [0.05, 0.1) is 22.1 Å². The molecule has 2 heterocycles. The Kier molecular flexibility index (Phi) is 7.14. The van der Waals surface area contributed by atoms with Gasteiger partial charge in [0.1, 0.15) is 11.7 Å². The number of aromatic nitrogens is 2. The second-order valence-electron chi connectivity index (χ2n) is 13.2. The van der Waals surface area contributed by atoms with Gasteiger partial charge in [0, 0.05) is 49.7 Å². The standard InChI is InChI=1S/C46H35N5/c1-30-22-24-39-37-18-6-8-20-41(37)49(43(39)26-30)35-16-10-12-32(28-35)45(47)51(34-14-4-3-5-15-34)46(48)33-13-11-17-36(29-33)50-42-21-9-7-19-38(42)40-25-23-31(2)27-44(40)50/h3-29,47-48H,1-2H3. The van der Waals surface area contributed by atoms with Crippen LogP contribution in [0.1, 0.15) is 22.3 Å². The molecule has 0 bridgehead atoms. The lowest BCUT2D eigenvalue weighted by atomic mass is 10.1. The van der Waals surface area contributed by atoms with Gasteiger partial charge in [-0.15, -0.1) is 0 Å². The molecule has 9 rings (SSSR count). The fraction of sp³-hybridized carbons (Fsp3) is 0.0435. The average Bonchev–Trinajstić information content (AvgIpc) is 3.67. The lowest BCUT2D eigenvalue weighted by molar-refractivity contribution is 1.17. The van der Waals surface area contributed by atoms with E-state index >= 15 is 0 Å². The number of hydrogen-bond acceptors (Lipinski definition) is 2. The Morgan fingerprint density at radius 1 is 0.412 bits per heavy atom. The molecule has 2 N–H and O–H groups in total. The van der Waals surface area contributed by atoms with E-state index in [-0.39, 0.29) is 11.7 Å². The first-order valence-electron chi connectivity index (χ1n) is 17.2. The second-order valence-corrected chi connectivity index (χ2v) is 13.2. The third kappa shape index (κ3) is 5.01. The molecule has 0 saturated carbocycles. The van der Waals surface area contributed by atoms with Gasteiger partial charge < -0.3 is 9.13 Å². The monoisotopic (exact) mass is 657 g/mol. The van der Waals surface area contributed by atoms with Crippen LogP contribution in [0.25, 0.3) is 55.0 Å². The maximum atomic E-state index is 9.69. The highest BCUT2D eigenvalue weighted by molar-refractivity contribution is 6.27. The summed E-state index contributed by atoms with van der Waals surface area (Å²) >= 11 is 0. The summed E-state index contributed by atoms with van der Waals surface area (Å²) < 4.78 is 4.56. The SMILES string of the molecule is Cc1ccc2c3ccccc3n(-c3cccc(C(=N)N(C(=N)c4cccc(-n5c6ccccc6c6ccc(C)cc65)c4)c4ccccc4)c3)c2c1. The Morgan fingerprint density at radius 3 is 1.33 bits per heavy atom. The molecule has 244 valence electrons. The van der Waals surface area contributed by atoms with E-state index in [2.05, 4.69) is 132 Å². The van der Waals surface area contributed by atoms with Crippen LogP contribution in [0.4, 0.5) is 5.69 Å². The Labute approximate surface area is 296 Å². The smallest absolute Gasteiger partial charge is 0.138 e. The number of benzene rings is 7. The van der Waals surface area contributed by atoms with Gasteiger partial charge in [0.2, 0.25) is 0 Å². The highest BCUT2D eigenvalue weighted by atomic mass is 15.2. The zero-order valence-electron chi connectivity index (χ0n) is 28.4. The van der Waals surface area contributed by atoms with E-state index in [0.29, 0.717) is 11.1 Å². The Bertz CT molecular complexity index is 2640. The molecule has 0 atom stereocenters. The van der Waals surface area contributed by atoms with E-state index in [1.165, 1.54) is 32.7 Å². The highest BCUT2D eigenvalue weighted by Gasteiger charge is 2.23. The molecule has 5 heteroatoms. The highest BCUT2D eigenvalue weighted by Crippen LogP contribution is 2.35. The van der Waals surface area contributed by atoms with E-state index in [0.717, 1.165) is 39.1 Å². The van der Waals surface area contributed by atoms with E-state index in [9.17, 15) is 10.8 Å². The molecule has 51 heavy (non-hydrogen) atoms. The molecule has 2 aromatic heterocycles. The minimum atomic E-state index is 0.225. The second kappa shape index (κ2) is 12.0. The quantitative estimate of drug-likeness (QED) is 0.140. The number of anilines is 1. The van der Waals surface area contributed by atoms with Crippen molar-refractivity contribution < 1.29 is 0 Å². The minimum absolute atomic E-state index is 0.225. The van der Waals surface area contributed by atoms with E-state index < -0.39 is 0 Å². The predicted molar refractivity (Wildman–Crippen MR) is 214 cm³/mol. The first kappa shape index (κ1) is 30.3. The van der Waals surface area contributed by atoms with Crippen molar-refractivity contribution in [3.63, 3.8) is 0 Å². The van der Waals surface area contributed by atoms with Crippen LogP contribution in [0.5, 0.6) is 0 Å². The first-order valence-corrected chi connectivity index (χ1v) is 17.2. The summed E-state index contributed by atoms with van der Waals surface area (Å²) in [4.78, 5) is 1.74. The largest absolute Gasteiger partial charge is 0.309 e. The summed E-state index contributed by atoms with van der Waals surface area (Å²) in [6, 6.07) is 56.2. The molecular formula is C46H35N5. The topological polar surface area (TPSA) is 60.8 Å². The van der Waals surface area contributed by atoms with Crippen molar-refractivity contribution in [3.8, 4) is 11.4 Å². The maximum Gasteiger partial charge on any atom is 0.138 e. The van der Waals surface area contributed by atoms with Crippen molar-refractivity contribution >= 4 is 61.0 Å². The van der Waals surface area contributed by atoms with Crippen LogP contribution >= 0.6 is 0 Å². The molecule has 5 nitrogen and oxygen atoms in total. The molecule has 9 aromatic rings. The Balaban J connectivity index is 1.16. The van der Waals surface area contributed by atoms with Crippen molar-refractivity contribution in [1.82, 2.24) is 9.13 Å². The van der Waals surface area contributed by atoms with E-state index in [1.54, 1.807) is 4.90 Å². The van der Waals surface area contributed by atoms with Gasteiger partial charge in [-0.05, 0) is 85.6 Å². The predicted octanol–water partition coefficient (Wildman–Crippen LogP) is 11.4. The Morgan fingerprint density at radius 2 is 0.843 bits per heavy atom. The van der Waals surface area contributed by atoms with Crippen LogP contribution in [0.15, 0.2) is 164 Å². The lowest BCUT2D eigenvalue weighted by Gasteiger charge is -2.27. The number of fused-ring (bicyclic) bond motifs is 6. The van der Waals surface area contributed by atoms with Crippen molar-refractivity contribution in [1.29, 1.82) is 10.8 Å². The van der Waals surface area contributed by atoms with Gasteiger partial charge in [-0.2, -0.15) is 0 Å². The van der Waals surface area contributed by atoms with Crippen LogP contribution in [0.2, 0.25) is 0 Å². The molecule has 0 saturated heterocycles. The molecule has 0 fully saturated rings.